The van der Waals surface area contributed by atoms with Gasteiger partial charge in [-0.1, -0.05) is 13.8 Å². The predicted octanol–water partition coefficient (Wildman–Crippen LogP) is -6.80. The van der Waals surface area contributed by atoms with Gasteiger partial charge in [0.2, 0.25) is 53.2 Å². The summed E-state index contributed by atoms with van der Waals surface area (Å²) in [6.07, 6.45) is -2.16. The van der Waals surface area contributed by atoms with E-state index < -0.39 is 151 Å². The van der Waals surface area contributed by atoms with Crippen molar-refractivity contribution < 1.29 is 72.9 Å². The zero-order valence-corrected chi connectivity index (χ0v) is 42.6. The van der Waals surface area contributed by atoms with Gasteiger partial charge in [-0.15, -0.1) is 0 Å². The number of thiol groups is 1. The smallest absolute Gasteiger partial charge is 0.326 e. The van der Waals surface area contributed by atoms with E-state index >= 15 is 0 Å². The maximum atomic E-state index is 14.3. The summed E-state index contributed by atoms with van der Waals surface area (Å²) in [6, 6.07) is -13.1. The highest BCUT2D eigenvalue weighted by Crippen LogP contribution is 2.23. The maximum absolute atomic E-state index is 14.3. The summed E-state index contributed by atoms with van der Waals surface area (Å²) in [7, 11) is 0. The molecule has 0 aromatic carbocycles. The van der Waals surface area contributed by atoms with Crippen molar-refractivity contribution in [1.82, 2.24) is 41.7 Å². The number of nitrogens with one attached hydrogen (secondary N) is 6. The SMILES string of the molecule is CC(C)[C@H](NC(=O)[C@@H]1CCCN1C(=O)[C@H](CCCN=C(N)N)NC(=O)[C@H](CC(=O)O)NC(=O)[C@@H](N)CS)C(=O)N[C@@H](CCC(N)=O)C(=O)N1CCC[C@H]1C(=O)N[C@@H](CC(=O)O)C(=O)N[C@@H](CCCN=C(N)N)C(=O)O. The summed E-state index contributed by atoms with van der Waals surface area (Å²) < 4.78 is 0. The highest BCUT2D eigenvalue weighted by atomic mass is 32.1. The molecule has 0 aromatic heterocycles. The molecule has 31 nitrogen and oxygen atoms in total. The number of aliphatic imine (C=N–C) groups is 2. The third kappa shape index (κ3) is 21.5. The minimum absolute atomic E-state index is 0.00246. The van der Waals surface area contributed by atoms with E-state index in [9.17, 15) is 72.9 Å². The van der Waals surface area contributed by atoms with Crippen LogP contribution in [0.1, 0.15) is 90.9 Å². The van der Waals surface area contributed by atoms with Crippen LogP contribution in [0, 0.1) is 5.92 Å². The first-order chi connectivity index (χ1) is 35.2. The van der Waals surface area contributed by atoms with Crippen molar-refractivity contribution in [3.63, 3.8) is 0 Å². The van der Waals surface area contributed by atoms with Gasteiger partial charge in [-0.2, -0.15) is 12.6 Å². The number of carboxylic acids is 3. The lowest BCUT2D eigenvalue weighted by Gasteiger charge is -2.32. The minimum Gasteiger partial charge on any atom is -0.481 e. The molecule has 0 aliphatic carbocycles. The zero-order chi connectivity index (χ0) is 56.7. The molecule has 32 heteroatoms. The molecule has 21 N–H and O–H groups in total. The fraction of sp³-hybridized carbons (Fsp3) is 0.674. The molecule has 2 aliphatic rings. The summed E-state index contributed by atoms with van der Waals surface area (Å²) in [4.78, 5) is 167. The zero-order valence-electron chi connectivity index (χ0n) is 41.7. The first-order valence-corrected chi connectivity index (χ1v) is 24.7. The van der Waals surface area contributed by atoms with E-state index in [0.29, 0.717) is 0 Å². The summed E-state index contributed by atoms with van der Waals surface area (Å²) >= 11 is 3.95. The Hall–Kier alpha value is -7.51. The van der Waals surface area contributed by atoms with Crippen molar-refractivity contribution in [2.75, 3.05) is 31.9 Å². The van der Waals surface area contributed by atoms with Crippen LogP contribution >= 0.6 is 12.6 Å². The van der Waals surface area contributed by atoms with Gasteiger partial charge in [0.25, 0.3) is 0 Å². The van der Waals surface area contributed by atoms with Crippen molar-refractivity contribution in [3.8, 4) is 0 Å². The quantitative estimate of drug-likeness (QED) is 0.0129. The highest BCUT2D eigenvalue weighted by Gasteiger charge is 2.43. The van der Waals surface area contributed by atoms with Crippen molar-refractivity contribution in [2.24, 2.45) is 50.3 Å². The Morgan fingerprint density at radius 2 is 0.987 bits per heavy atom. The molecule has 0 radical (unpaired) electrons. The van der Waals surface area contributed by atoms with Crippen molar-refractivity contribution in [2.45, 2.75) is 145 Å². The molecule has 2 fully saturated rings. The number of carboxylic acid groups (broad SMARTS) is 3. The number of guanidine groups is 2. The van der Waals surface area contributed by atoms with Crippen LogP contribution in [0.5, 0.6) is 0 Å². The first kappa shape index (κ1) is 63.6. The van der Waals surface area contributed by atoms with E-state index in [4.69, 9.17) is 34.4 Å². The number of carbonyl (C=O) groups is 12. The summed E-state index contributed by atoms with van der Waals surface area (Å²) in [5.41, 5.74) is 32.6. The van der Waals surface area contributed by atoms with Crippen LogP contribution < -0.4 is 66.3 Å². The second-order valence-electron chi connectivity index (χ2n) is 18.1. The van der Waals surface area contributed by atoms with E-state index in [2.05, 4.69) is 54.5 Å². The topological polar surface area (TPSA) is 525 Å². The molecule has 2 aliphatic heterocycles. The van der Waals surface area contributed by atoms with Crippen LogP contribution in [0.4, 0.5) is 0 Å². The number of amides is 9. The summed E-state index contributed by atoms with van der Waals surface area (Å²) in [6.45, 7) is 3.09. The number of hydrogen-bond acceptors (Lipinski definition) is 16. The Morgan fingerprint density at radius 3 is 1.41 bits per heavy atom. The van der Waals surface area contributed by atoms with Gasteiger partial charge >= 0.3 is 17.9 Å². The van der Waals surface area contributed by atoms with E-state index in [1.807, 2.05) is 0 Å². The molecular formula is C43H72N16O15S. The fourth-order valence-electron chi connectivity index (χ4n) is 8.06. The van der Waals surface area contributed by atoms with E-state index in [1.165, 1.54) is 4.90 Å². The van der Waals surface area contributed by atoms with Crippen molar-refractivity contribution in [1.29, 1.82) is 0 Å². The second-order valence-corrected chi connectivity index (χ2v) is 18.5. The average molecular weight is 1090 g/mol. The molecule has 0 bridgehead atoms. The fourth-order valence-corrected chi connectivity index (χ4v) is 8.23. The lowest BCUT2D eigenvalue weighted by molar-refractivity contribution is -0.145. The number of likely N-dealkylation sites (tertiary alicyclic amines) is 2. The third-order valence-electron chi connectivity index (χ3n) is 11.9. The van der Waals surface area contributed by atoms with Crippen molar-refractivity contribution >= 4 is 95.6 Å². The van der Waals surface area contributed by atoms with Gasteiger partial charge in [0, 0.05) is 38.4 Å². The van der Waals surface area contributed by atoms with Gasteiger partial charge in [-0.3, -0.25) is 62.7 Å². The van der Waals surface area contributed by atoms with Gasteiger partial charge in [0.1, 0.15) is 48.3 Å². The number of nitrogens with zero attached hydrogens (tertiary/aromatic N) is 4. The molecule has 0 saturated carbocycles. The van der Waals surface area contributed by atoms with Crippen LogP contribution in [-0.2, 0) is 57.5 Å². The van der Waals surface area contributed by atoms with E-state index in [-0.39, 0.29) is 102 Å². The summed E-state index contributed by atoms with van der Waals surface area (Å²) in [5.74, 6) is -14.1. The Bertz CT molecular complexity index is 2160. The van der Waals surface area contributed by atoms with Gasteiger partial charge in [0.15, 0.2) is 11.9 Å². The number of rotatable bonds is 32. The number of hydrogen-bond donors (Lipinski definition) is 16. The number of carbonyl (C=O) groups excluding carboxylic acids is 9. The molecule has 2 saturated heterocycles. The Labute approximate surface area is 436 Å². The maximum Gasteiger partial charge on any atom is 0.326 e. The first-order valence-electron chi connectivity index (χ1n) is 24.0. The highest BCUT2D eigenvalue weighted by molar-refractivity contribution is 7.80. The van der Waals surface area contributed by atoms with E-state index in [0.717, 1.165) is 4.90 Å². The Morgan fingerprint density at radius 1 is 0.573 bits per heavy atom. The van der Waals surface area contributed by atoms with Crippen LogP contribution in [0.15, 0.2) is 9.98 Å². The van der Waals surface area contributed by atoms with Crippen LogP contribution in [0.3, 0.4) is 0 Å². The number of aliphatic carboxylic acids is 3. The predicted molar refractivity (Wildman–Crippen MR) is 268 cm³/mol. The Kier molecular flexibility index (Phi) is 26.5. The van der Waals surface area contributed by atoms with E-state index in [1.54, 1.807) is 13.8 Å². The molecule has 0 unspecified atom stereocenters. The number of primary amides is 1. The molecule has 420 valence electrons. The molecule has 2 rings (SSSR count). The molecular weight excluding hydrogens is 1010 g/mol. The standard InChI is InChI=1S/C43H72N16O15S/c1-20(2)32(57-37(69)28-10-6-16-59(28)39(71)22(7-3-13-50-42(46)47)52-34(66)25(17-30(61)62)55-33(65)21(44)19-75)38(70)53-23(11-12-29(45)60)40(72)58-15-5-9-27(58)36(68)56-26(18-31(63)64)35(67)54-24(41(73)74)8-4-14-51-43(48)49/h20-28,32,75H,3-19,44H2,1-2H3,(H2,45,60)(H,52,66)(H,53,70)(H,54,67)(H,55,65)(H,56,68)(H,57,69)(H,61,62)(H,63,64)(H,73,74)(H4,46,47,50)(H4,48,49,51)/t21-,22-,23-,24-,25-,26-,27-,28-,32-/m0/s1. The summed E-state index contributed by atoms with van der Waals surface area (Å²) in [5, 5.41) is 43.1. The van der Waals surface area contributed by atoms with Gasteiger partial charge in [0.05, 0.1) is 18.9 Å². The number of nitrogens with two attached hydrogens (primary N) is 6. The van der Waals surface area contributed by atoms with Gasteiger partial charge in [-0.05, 0) is 63.7 Å². The van der Waals surface area contributed by atoms with Crippen LogP contribution in [0.2, 0.25) is 0 Å². The molecule has 0 aromatic rings. The molecule has 9 atom stereocenters. The molecule has 2 heterocycles. The van der Waals surface area contributed by atoms with Crippen LogP contribution in [0.25, 0.3) is 0 Å². The monoisotopic (exact) mass is 1080 g/mol. The lowest BCUT2D eigenvalue weighted by atomic mass is 10.0. The van der Waals surface area contributed by atoms with Gasteiger partial charge < -0.3 is 91.4 Å². The Balaban J connectivity index is 2.35. The second kappa shape index (κ2) is 31.3. The van der Waals surface area contributed by atoms with Crippen molar-refractivity contribution in [3.05, 3.63) is 0 Å². The molecule has 0 spiro atoms. The molecule has 9 amide bonds. The minimum atomic E-state index is -1.81. The third-order valence-corrected chi connectivity index (χ3v) is 12.3. The van der Waals surface area contributed by atoms with Gasteiger partial charge in [-0.25, -0.2) is 4.79 Å². The lowest BCUT2D eigenvalue weighted by Crippen LogP contribution is -2.61. The van der Waals surface area contributed by atoms with Crippen LogP contribution in [-0.4, -0.2) is 194 Å². The normalized spacial score (nSPS) is 17.8. The molecule has 75 heavy (non-hydrogen) atoms. The average Bonchev–Trinajstić information content (AvgIpc) is 4.03. The largest absolute Gasteiger partial charge is 0.481 e.